The molecule has 1 saturated carbocycles. The molecule has 0 aliphatic heterocycles. The summed E-state index contributed by atoms with van der Waals surface area (Å²) in [4.78, 5) is 4.31. The van der Waals surface area contributed by atoms with Crippen LogP contribution >= 0.6 is 23.1 Å². The van der Waals surface area contributed by atoms with Gasteiger partial charge in [-0.2, -0.15) is 11.8 Å². The zero-order chi connectivity index (χ0) is 10.0. The molecular weight excluding hydrogens is 212 g/mol. The van der Waals surface area contributed by atoms with Crippen molar-refractivity contribution in [1.82, 2.24) is 10.3 Å². The molecule has 1 aromatic heterocycles. The van der Waals surface area contributed by atoms with Crippen molar-refractivity contribution in [2.45, 2.75) is 30.6 Å². The van der Waals surface area contributed by atoms with E-state index in [1.54, 1.807) is 11.3 Å². The number of nitrogens with one attached hydrogen (secondary N) is 1. The minimum atomic E-state index is 0.394. The van der Waals surface area contributed by atoms with E-state index in [-0.39, 0.29) is 0 Å². The van der Waals surface area contributed by atoms with Crippen molar-refractivity contribution >= 4 is 23.1 Å². The molecule has 1 aliphatic rings. The fourth-order valence-corrected chi connectivity index (χ4v) is 2.86. The molecule has 0 spiro atoms. The quantitative estimate of drug-likeness (QED) is 0.839. The second-order valence-corrected chi connectivity index (χ2v) is 5.90. The molecule has 1 N–H and O–H groups in total. The molecule has 1 heterocycles. The van der Waals surface area contributed by atoms with Crippen LogP contribution in [0.3, 0.4) is 0 Å². The summed E-state index contributed by atoms with van der Waals surface area (Å²) in [7, 11) is 0. The lowest BCUT2D eigenvalue weighted by Crippen LogP contribution is -2.28. The number of hydrogen-bond donors (Lipinski definition) is 1. The Bertz CT molecular complexity index is 280. The second kappa shape index (κ2) is 4.21. The van der Waals surface area contributed by atoms with E-state index in [1.807, 2.05) is 17.3 Å². The number of thioether (sulfide) groups is 1. The highest BCUT2D eigenvalue weighted by atomic mass is 32.2. The molecule has 0 amide bonds. The van der Waals surface area contributed by atoms with Gasteiger partial charge in [0, 0.05) is 22.7 Å². The van der Waals surface area contributed by atoms with Gasteiger partial charge in [-0.15, -0.1) is 11.3 Å². The first-order chi connectivity index (χ1) is 6.76. The topological polar surface area (TPSA) is 24.9 Å². The van der Waals surface area contributed by atoms with E-state index < -0.39 is 0 Å². The van der Waals surface area contributed by atoms with E-state index in [2.05, 4.69) is 28.9 Å². The van der Waals surface area contributed by atoms with Crippen LogP contribution in [0.25, 0.3) is 0 Å². The molecule has 1 unspecified atom stereocenters. The molecule has 4 heteroatoms. The monoisotopic (exact) mass is 228 g/mol. The van der Waals surface area contributed by atoms with Crippen LogP contribution in [-0.4, -0.2) is 22.5 Å². The molecule has 0 saturated heterocycles. The molecule has 1 aromatic rings. The van der Waals surface area contributed by atoms with E-state index in [4.69, 9.17) is 0 Å². The maximum Gasteiger partial charge on any atom is 0.0795 e. The second-order valence-electron chi connectivity index (χ2n) is 3.90. The Morgan fingerprint density at radius 2 is 2.50 bits per heavy atom. The molecule has 2 nitrogen and oxygen atoms in total. The van der Waals surface area contributed by atoms with Crippen LogP contribution in [0.2, 0.25) is 0 Å². The Labute approximate surface area is 93.5 Å². The largest absolute Gasteiger partial charge is 0.307 e. The SMILES string of the molecule is CSC1(CNC(C)c2cscn2)CC1. The van der Waals surface area contributed by atoms with Gasteiger partial charge in [-0.3, -0.25) is 0 Å². The summed E-state index contributed by atoms with van der Waals surface area (Å²) < 4.78 is 0.546. The fraction of sp³-hybridized carbons (Fsp3) is 0.700. The molecule has 0 aromatic carbocycles. The molecule has 14 heavy (non-hydrogen) atoms. The predicted molar refractivity (Wildman–Crippen MR) is 64.0 cm³/mol. The molecule has 78 valence electrons. The highest BCUT2D eigenvalue weighted by Crippen LogP contribution is 2.46. The Balaban J connectivity index is 1.81. The van der Waals surface area contributed by atoms with Gasteiger partial charge in [0.25, 0.3) is 0 Å². The summed E-state index contributed by atoms with van der Waals surface area (Å²) in [6.45, 7) is 3.30. The maximum absolute atomic E-state index is 4.31. The lowest BCUT2D eigenvalue weighted by atomic mass is 10.2. The molecule has 0 radical (unpaired) electrons. The van der Waals surface area contributed by atoms with Crippen molar-refractivity contribution in [3.8, 4) is 0 Å². The number of thiazole rings is 1. The van der Waals surface area contributed by atoms with E-state index in [0.717, 1.165) is 6.54 Å². The third-order valence-electron chi connectivity index (χ3n) is 2.87. The van der Waals surface area contributed by atoms with E-state index in [9.17, 15) is 0 Å². The first-order valence-electron chi connectivity index (χ1n) is 4.92. The minimum absolute atomic E-state index is 0.394. The first-order valence-corrected chi connectivity index (χ1v) is 7.09. The predicted octanol–water partition coefficient (Wildman–Crippen LogP) is 2.69. The Kier molecular flexibility index (Phi) is 3.14. The summed E-state index contributed by atoms with van der Waals surface area (Å²) in [5, 5.41) is 5.68. The lowest BCUT2D eigenvalue weighted by molar-refractivity contribution is 0.554. The van der Waals surface area contributed by atoms with Crippen LogP contribution in [0, 0.1) is 0 Å². The van der Waals surface area contributed by atoms with Crippen molar-refractivity contribution in [3.05, 3.63) is 16.6 Å². The van der Waals surface area contributed by atoms with E-state index in [0.29, 0.717) is 10.8 Å². The number of nitrogens with zero attached hydrogens (tertiary/aromatic N) is 1. The zero-order valence-corrected chi connectivity index (χ0v) is 10.3. The van der Waals surface area contributed by atoms with Gasteiger partial charge in [-0.25, -0.2) is 4.98 Å². The molecule has 1 atom stereocenters. The Morgan fingerprint density at radius 1 is 1.71 bits per heavy atom. The highest BCUT2D eigenvalue weighted by molar-refractivity contribution is 8.00. The van der Waals surface area contributed by atoms with Crippen molar-refractivity contribution < 1.29 is 0 Å². The molecule has 1 fully saturated rings. The van der Waals surface area contributed by atoms with Gasteiger partial charge < -0.3 is 5.32 Å². The fourth-order valence-electron chi connectivity index (χ4n) is 1.47. The van der Waals surface area contributed by atoms with Crippen LogP contribution in [-0.2, 0) is 0 Å². The average Bonchev–Trinajstić information content (AvgIpc) is 2.78. The van der Waals surface area contributed by atoms with Crippen LogP contribution < -0.4 is 5.32 Å². The third-order valence-corrected chi connectivity index (χ3v) is 4.89. The first kappa shape index (κ1) is 10.5. The standard InChI is InChI=1S/C10H16N2S2/c1-8(9-5-14-7-12-9)11-6-10(13-2)3-4-10/h5,7-8,11H,3-4,6H2,1-2H3. The number of aromatic nitrogens is 1. The van der Waals surface area contributed by atoms with Crippen molar-refractivity contribution in [3.63, 3.8) is 0 Å². The Hall–Kier alpha value is -0.0600. The summed E-state index contributed by atoms with van der Waals surface area (Å²) in [5.41, 5.74) is 3.07. The third kappa shape index (κ3) is 2.30. The zero-order valence-electron chi connectivity index (χ0n) is 8.62. The van der Waals surface area contributed by atoms with Gasteiger partial charge in [0.15, 0.2) is 0 Å². The number of rotatable bonds is 5. The van der Waals surface area contributed by atoms with Gasteiger partial charge in [-0.05, 0) is 26.0 Å². The number of hydrogen-bond acceptors (Lipinski definition) is 4. The lowest BCUT2D eigenvalue weighted by Gasteiger charge is -2.17. The maximum atomic E-state index is 4.31. The smallest absolute Gasteiger partial charge is 0.0795 e. The summed E-state index contributed by atoms with van der Waals surface area (Å²) >= 11 is 3.66. The Morgan fingerprint density at radius 3 is 3.00 bits per heavy atom. The molecule has 1 aliphatic carbocycles. The van der Waals surface area contributed by atoms with Crippen molar-refractivity contribution in [1.29, 1.82) is 0 Å². The summed E-state index contributed by atoms with van der Waals surface area (Å²) in [6, 6.07) is 0.394. The summed E-state index contributed by atoms with van der Waals surface area (Å²) in [6.07, 6.45) is 4.94. The van der Waals surface area contributed by atoms with Gasteiger partial charge in [0.05, 0.1) is 11.2 Å². The van der Waals surface area contributed by atoms with Crippen LogP contribution in [0.4, 0.5) is 0 Å². The van der Waals surface area contributed by atoms with Crippen LogP contribution in [0.5, 0.6) is 0 Å². The summed E-state index contributed by atoms with van der Waals surface area (Å²) in [5.74, 6) is 0. The molecule has 0 bridgehead atoms. The van der Waals surface area contributed by atoms with Gasteiger partial charge >= 0.3 is 0 Å². The average molecular weight is 228 g/mol. The molecule has 2 rings (SSSR count). The molecular formula is C10H16N2S2. The van der Waals surface area contributed by atoms with Gasteiger partial charge in [-0.1, -0.05) is 0 Å². The van der Waals surface area contributed by atoms with E-state index in [1.165, 1.54) is 18.5 Å². The highest BCUT2D eigenvalue weighted by Gasteiger charge is 2.41. The van der Waals surface area contributed by atoms with Crippen molar-refractivity contribution in [2.24, 2.45) is 0 Å². The van der Waals surface area contributed by atoms with Crippen molar-refractivity contribution in [2.75, 3.05) is 12.8 Å². The van der Waals surface area contributed by atoms with Gasteiger partial charge in [0.2, 0.25) is 0 Å². The normalized spacial score (nSPS) is 20.7. The van der Waals surface area contributed by atoms with Gasteiger partial charge in [0.1, 0.15) is 0 Å². The van der Waals surface area contributed by atoms with Crippen LogP contribution in [0.1, 0.15) is 31.5 Å². The van der Waals surface area contributed by atoms with E-state index >= 15 is 0 Å². The minimum Gasteiger partial charge on any atom is -0.307 e. The van der Waals surface area contributed by atoms with Crippen LogP contribution in [0.15, 0.2) is 10.9 Å².